The van der Waals surface area contributed by atoms with Crippen molar-refractivity contribution in [2.24, 2.45) is 0 Å². The molecule has 2 rings (SSSR count). The van der Waals surface area contributed by atoms with E-state index in [1.807, 2.05) is 6.92 Å². The van der Waals surface area contributed by atoms with E-state index in [0.29, 0.717) is 18.9 Å². The molecule has 1 atom stereocenters. The zero-order valence-corrected chi connectivity index (χ0v) is 13.4. The Morgan fingerprint density at radius 3 is 2.71 bits per heavy atom. The van der Waals surface area contributed by atoms with Gasteiger partial charge in [-0.3, -0.25) is 0 Å². The van der Waals surface area contributed by atoms with Crippen molar-refractivity contribution in [3.05, 3.63) is 17.7 Å². The van der Waals surface area contributed by atoms with Crippen LogP contribution in [0.25, 0.3) is 0 Å². The van der Waals surface area contributed by atoms with Gasteiger partial charge in [-0.1, -0.05) is 0 Å². The van der Waals surface area contributed by atoms with Gasteiger partial charge < -0.3 is 15.2 Å². The number of nitrogens with two attached hydrogens (primary N) is 1. The first kappa shape index (κ1) is 16.1. The topological polar surface area (TPSA) is 90.7 Å². The van der Waals surface area contributed by atoms with E-state index in [1.165, 1.54) is 13.2 Å². The average molecular weight is 314 g/mol. The van der Waals surface area contributed by atoms with Crippen LogP contribution in [-0.2, 0) is 14.8 Å². The first-order valence-electron chi connectivity index (χ1n) is 6.83. The summed E-state index contributed by atoms with van der Waals surface area (Å²) >= 11 is 0. The zero-order valence-electron chi connectivity index (χ0n) is 12.6. The average Bonchev–Trinajstić information content (AvgIpc) is 2.40. The highest BCUT2D eigenvalue weighted by Gasteiger charge is 2.34. The first-order chi connectivity index (χ1) is 9.77. The minimum Gasteiger partial charge on any atom is -0.495 e. The Morgan fingerprint density at radius 2 is 2.14 bits per heavy atom. The highest BCUT2D eigenvalue weighted by atomic mass is 32.2. The van der Waals surface area contributed by atoms with Gasteiger partial charge in [0, 0.05) is 12.3 Å². The van der Waals surface area contributed by atoms with Gasteiger partial charge in [-0.2, -0.15) is 0 Å². The third-order valence-corrected chi connectivity index (χ3v) is 5.32. The van der Waals surface area contributed by atoms with Gasteiger partial charge in [0.05, 0.1) is 19.3 Å². The molecular weight excluding hydrogens is 292 g/mol. The third-order valence-electron chi connectivity index (χ3n) is 3.66. The highest BCUT2D eigenvalue weighted by Crippen LogP contribution is 2.30. The van der Waals surface area contributed by atoms with Crippen molar-refractivity contribution in [1.82, 2.24) is 4.72 Å². The summed E-state index contributed by atoms with van der Waals surface area (Å²) in [6, 6.07) is 3.06. The standard InChI is InChI=1S/C14H22N2O4S/c1-10-7-12(19-3)13(8-11(10)15)21(17,18)16-14(2)5-4-6-20-9-14/h7-8,16H,4-6,9,15H2,1-3H3. The molecule has 3 N–H and O–H groups in total. The number of nitrogen functional groups attached to an aromatic ring is 1. The van der Waals surface area contributed by atoms with Crippen molar-refractivity contribution >= 4 is 15.7 Å². The lowest BCUT2D eigenvalue weighted by Crippen LogP contribution is -2.51. The maximum absolute atomic E-state index is 12.6. The summed E-state index contributed by atoms with van der Waals surface area (Å²) in [4.78, 5) is 0.0555. The molecule has 0 aliphatic carbocycles. The van der Waals surface area contributed by atoms with Crippen molar-refractivity contribution in [3.8, 4) is 5.75 Å². The van der Waals surface area contributed by atoms with Gasteiger partial charge in [-0.15, -0.1) is 0 Å². The Morgan fingerprint density at radius 1 is 1.43 bits per heavy atom. The highest BCUT2D eigenvalue weighted by molar-refractivity contribution is 7.89. The number of sulfonamides is 1. The molecule has 1 aliphatic rings. The van der Waals surface area contributed by atoms with Crippen LogP contribution in [0, 0.1) is 6.92 Å². The molecule has 1 fully saturated rings. The van der Waals surface area contributed by atoms with Gasteiger partial charge in [0.2, 0.25) is 10.0 Å². The summed E-state index contributed by atoms with van der Waals surface area (Å²) in [7, 11) is -2.30. The second-order valence-electron chi connectivity index (χ2n) is 5.68. The van der Waals surface area contributed by atoms with Crippen LogP contribution in [-0.4, -0.2) is 34.3 Å². The Hall–Kier alpha value is -1.31. The molecule has 0 spiro atoms. The summed E-state index contributed by atoms with van der Waals surface area (Å²) in [5.41, 5.74) is 6.42. The number of ether oxygens (including phenoxy) is 2. The maximum Gasteiger partial charge on any atom is 0.244 e. The minimum absolute atomic E-state index is 0.0555. The normalized spacial score (nSPS) is 23.0. The predicted molar refractivity (Wildman–Crippen MR) is 80.9 cm³/mol. The van der Waals surface area contributed by atoms with Crippen LogP contribution in [0.2, 0.25) is 0 Å². The van der Waals surface area contributed by atoms with Crippen molar-refractivity contribution in [2.45, 2.75) is 37.1 Å². The number of nitrogens with one attached hydrogen (secondary N) is 1. The summed E-state index contributed by atoms with van der Waals surface area (Å²) in [5, 5.41) is 0. The van der Waals surface area contributed by atoms with Crippen molar-refractivity contribution in [2.75, 3.05) is 26.1 Å². The number of hydrogen-bond donors (Lipinski definition) is 2. The smallest absolute Gasteiger partial charge is 0.244 e. The van der Waals surface area contributed by atoms with Gasteiger partial charge in [0.15, 0.2) is 0 Å². The Bertz CT molecular complexity index is 622. The van der Waals surface area contributed by atoms with Gasteiger partial charge >= 0.3 is 0 Å². The van der Waals surface area contributed by atoms with E-state index < -0.39 is 15.6 Å². The molecule has 1 aliphatic heterocycles. The molecule has 6 nitrogen and oxygen atoms in total. The van der Waals surface area contributed by atoms with Crippen LogP contribution in [0.1, 0.15) is 25.3 Å². The second kappa shape index (κ2) is 5.82. The van der Waals surface area contributed by atoms with Gasteiger partial charge in [-0.25, -0.2) is 13.1 Å². The number of anilines is 1. The van der Waals surface area contributed by atoms with Crippen molar-refractivity contribution < 1.29 is 17.9 Å². The summed E-state index contributed by atoms with van der Waals surface area (Å²) in [5.74, 6) is 0.287. The van der Waals surface area contributed by atoms with E-state index in [4.69, 9.17) is 15.2 Å². The van der Waals surface area contributed by atoms with Crippen LogP contribution >= 0.6 is 0 Å². The van der Waals surface area contributed by atoms with Crippen LogP contribution < -0.4 is 15.2 Å². The Labute approximate surface area is 125 Å². The van der Waals surface area contributed by atoms with E-state index in [9.17, 15) is 8.42 Å². The maximum atomic E-state index is 12.6. The molecule has 0 radical (unpaired) electrons. The van der Waals surface area contributed by atoms with Gasteiger partial charge in [0.25, 0.3) is 0 Å². The lowest BCUT2D eigenvalue weighted by Gasteiger charge is -2.34. The Balaban J connectivity index is 2.37. The van der Waals surface area contributed by atoms with Gasteiger partial charge in [-0.05, 0) is 44.4 Å². The molecule has 1 unspecified atom stereocenters. The fraction of sp³-hybridized carbons (Fsp3) is 0.571. The van der Waals surface area contributed by atoms with Crippen molar-refractivity contribution in [3.63, 3.8) is 0 Å². The molecule has 118 valence electrons. The molecule has 21 heavy (non-hydrogen) atoms. The second-order valence-corrected chi connectivity index (χ2v) is 7.33. The molecule has 0 bridgehead atoms. The van der Waals surface area contributed by atoms with E-state index in [-0.39, 0.29) is 10.6 Å². The van der Waals surface area contributed by atoms with Crippen LogP contribution in [0.3, 0.4) is 0 Å². The predicted octanol–water partition coefficient (Wildman–Crippen LogP) is 1.43. The molecule has 1 aromatic rings. The lowest BCUT2D eigenvalue weighted by molar-refractivity contribution is 0.0386. The lowest BCUT2D eigenvalue weighted by atomic mass is 9.97. The molecule has 0 saturated carbocycles. The van der Waals surface area contributed by atoms with Crippen LogP contribution in [0.4, 0.5) is 5.69 Å². The molecule has 1 saturated heterocycles. The third kappa shape index (κ3) is 3.48. The van der Waals surface area contributed by atoms with E-state index >= 15 is 0 Å². The molecule has 1 aromatic carbocycles. The molecule has 0 aromatic heterocycles. The fourth-order valence-electron chi connectivity index (χ4n) is 2.44. The van der Waals surface area contributed by atoms with E-state index in [1.54, 1.807) is 13.0 Å². The van der Waals surface area contributed by atoms with Crippen LogP contribution in [0.15, 0.2) is 17.0 Å². The van der Waals surface area contributed by atoms with Gasteiger partial charge in [0.1, 0.15) is 10.6 Å². The monoisotopic (exact) mass is 314 g/mol. The number of methoxy groups -OCH3 is 1. The summed E-state index contributed by atoms with van der Waals surface area (Å²) in [6.07, 6.45) is 1.56. The number of hydrogen-bond acceptors (Lipinski definition) is 5. The summed E-state index contributed by atoms with van der Waals surface area (Å²) in [6.45, 7) is 4.67. The summed E-state index contributed by atoms with van der Waals surface area (Å²) < 4.78 is 38.6. The molecule has 0 amide bonds. The largest absolute Gasteiger partial charge is 0.495 e. The quantitative estimate of drug-likeness (QED) is 0.821. The molecular formula is C14H22N2O4S. The van der Waals surface area contributed by atoms with Crippen LogP contribution in [0.5, 0.6) is 5.75 Å². The van der Waals surface area contributed by atoms with Crippen molar-refractivity contribution in [1.29, 1.82) is 0 Å². The number of aryl methyl sites for hydroxylation is 1. The molecule has 7 heteroatoms. The SMILES string of the molecule is COc1cc(C)c(N)cc1S(=O)(=O)NC1(C)CCCOC1. The van der Waals surface area contributed by atoms with E-state index in [2.05, 4.69) is 4.72 Å². The molecule has 1 heterocycles. The first-order valence-corrected chi connectivity index (χ1v) is 8.31. The number of rotatable bonds is 4. The number of benzene rings is 1. The zero-order chi connectivity index (χ0) is 15.7. The van der Waals surface area contributed by atoms with E-state index in [0.717, 1.165) is 18.4 Å². The minimum atomic E-state index is -3.74. The fourth-order valence-corrected chi connectivity index (χ4v) is 4.05. The Kier molecular flexibility index (Phi) is 4.46.